The summed E-state index contributed by atoms with van der Waals surface area (Å²) in [5, 5.41) is 2.58. The lowest BCUT2D eigenvalue weighted by molar-refractivity contribution is -0.122. The minimum atomic E-state index is -3.29. The molecule has 1 aliphatic heterocycles. The van der Waals surface area contributed by atoms with E-state index in [0.717, 1.165) is 25.7 Å². The molecule has 1 saturated carbocycles. The summed E-state index contributed by atoms with van der Waals surface area (Å²) >= 11 is 0. The zero-order valence-corrected chi connectivity index (χ0v) is 14.0. The summed E-state index contributed by atoms with van der Waals surface area (Å²) in [5.41, 5.74) is 0.556. The van der Waals surface area contributed by atoms with Crippen LogP contribution in [0.25, 0.3) is 0 Å². The average Bonchev–Trinajstić information content (AvgIpc) is 3.11. The zero-order valence-electron chi connectivity index (χ0n) is 13.2. The van der Waals surface area contributed by atoms with E-state index < -0.39 is 9.84 Å². The fourth-order valence-corrected chi connectivity index (χ4v) is 5.24. The highest BCUT2D eigenvalue weighted by atomic mass is 32.2. The summed E-state index contributed by atoms with van der Waals surface area (Å²) in [5.74, 6) is -0.109. The van der Waals surface area contributed by atoms with E-state index in [-0.39, 0.29) is 17.1 Å². The fourth-order valence-electron chi connectivity index (χ4n) is 3.35. The van der Waals surface area contributed by atoms with Gasteiger partial charge < -0.3 is 10.1 Å². The lowest BCUT2D eigenvalue weighted by atomic mass is 9.99. The van der Waals surface area contributed by atoms with Crippen LogP contribution in [0.3, 0.4) is 0 Å². The number of rotatable bonds is 4. The summed E-state index contributed by atoms with van der Waals surface area (Å²) in [6.07, 6.45) is 4.86. The van der Waals surface area contributed by atoms with Gasteiger partial charge in [0.15, 0.2) is 9.84 Å². The Morgan fingerprint density at radius 3 is 2.48 bits per heavy atom. The summed E-state index contributed by atoms with van der Waals surface area (Å²) in [4.78, 5) is 12.6. The topological polar surface area (TPSA) is 72.5 Å². The second-order valence-electron chi connectivity index (χ2n) is 6.36. The Balaban J connectivity index is 1.73. The number of ether oxygens (including phenoxy) is 1. The van der Waals surface area contributed by atoms with Gasteiger partial charge in [0, 0.05) is 24.8 Å². The standard InChI is InChI=1S/C17H23NO4S/c19-17(13-8-10-22-11-9-13)18-14-4-3-7-16(12-14)23(20,21)15-5-1-2-6-15/h3-4,7,12-13,15H,1-2,5-6,8-11H2,(H,18,19). The van der Waals surface area contributed by atoms with Crippen molar-refractivity contribution >= 4 is 21.4 Å². The van der Waals surface area contributed by atoms with Crippen LogP contribution in [0.4, 0.5) is 5.69 Å². The van der Waals surface area contributed by atoms with Crippen molar-refractivity contribution in [3.05, 3.63) is 24.3 Å². The smallest absolute Gasteiger partial charge is 0.227 e. The molecule has 126 valence electrons. The molecule has 3 rings (SSSR count). The number of carbonyl (C=O) groups excluding carboxylic acids is 1. The number of amides is 1. The van der Waals surface area contributed by atoms with E-state index in [1.165, 1.54) is 0 Å². The van der Waals surface area contributed by atoms with Gasteiger partial charge in [-0.1, -0.05) is 18.9 Å². The van der Waals surface area contributed by atoms with E-state index >= 15 is 0 Å². The average molecular weight is 337 g/mol. The first-order chi connectivity index (χ1) is 11.1. The van der Waals surface area contributed by atoms with Gasteiger partial charge in [-0.2, -0.15) is 0 Å². The van der Waals surface area contributed by atoms with E-state index in [9.17, 15) is 13.2 Å². The maximum atomic E-state index is 12.6. The summed E-state index contributed by atoms with van der Waals surface area (Å²) in [6, 6.07) is 6.65. The molecule has 5 nitrogen and oxygen atoms in total. The Morgan fingerprint density at radius 1 is 1.09 bits per heavy atom. The molecule has 0 bridgehead atoms. The second kappa shape index (κ2) is 7.01. The third kappa shape index (κ3) is 3.75. The first kappa shape index (κ1) is 16.5. The van der Waals surface area contributed by atoms with E-state index in [1.54, 1.807) is 24.3 Å². The molecule has 1 amide bonds. The normalized spacial score (nSPS) is 20.5. The molecule has 1 aromatic rings. The van der Waals surface area contributed by atoms with E-state index in [0.29, 0.717) is 36.6 Å². The van der Waals surface area contributed by atoms with Crippen LogP contribution >= 0.6 is 0 Å². The lowest BCUT2D eigenvalue weighted by Crippen LogP contribution is -2.28. The van der Waals surface area contributed by atoms with Crippen molar-refractivity contribution in [1.29, 1.82) is 0 Å². The Morgan fingerprint density at radius 2 is 1.78 bits per heavy atom. The van der Waals surface area contributed by atoms with Gasteiger partial charge in [0.05, 0.1) is 10.1 Å². The summed E-state index contributed by atoms with van der Waals surface area (Å²) in [7, 11) is -3.29. The van der Waals surface area contributed by atoms with Gasteiger partial charge in [0.1, 0.15) is 0 Å². The predicted molar refractivity (Wildman–Crippen MR) is 88.1 cm³/mol. The summed E-state index contributed by atoms with van der Waals surface area (Å²) < 4.78 is 30.6. The van der Waals surface area contributed by atoms with Crippen molar-refractivity contribution in [1.82, 2.24) is 0 Å². The maximum Gasteiger partial charge on any atom is 0.227 e. The molecule has 1 aliphatic carbocycles. The van der Waals surface area contributed by atoms with Crippen LogP contribution in [-0.4, -0.2) is 32.8 Å². The highest BCUT2D eigenvalue weighted by Crippen LogP contribution is 2.30. The summed E-state index contributed by atoms with van der Waals surface area (Å²) in [6.45, 7) is 1.21. The van der Waals surface area contributed by atoms with Crippen molar-refractivity contribution in [3.8, 4) is 0 Å². The quantitative estimate of drug-likeness (QED) is 0.917. The van der Waals surface area contributed by atoms with Crippen molar-refractivity contribution < 1.29 is 17.9 Å². The minimum absolute atomic E-state index is 0.0521. The van der Waals surface area contributed by atoms with Gasteiger partial charge in [-0.05, 0) is 43.9 Å². The van der Waals surface area contributed by atoms with Gasteiger partial charge in [0.25, 0.3) is 0 Å². The van der Waals surface area contributed by atoms with Crippen molar-refractivity contribution in [3.63, 3.8) is 0 Å². The molecule has 23 heavy (non-hydrogen) atoms. The molecule has 1 N–H and O–H groups in total. The highest BCUT2D eigenvalue weighted by Gasteiger charge is 2.30. The van der Waals surface area contributed by atoms with Crippen LogP contribution in [0.5, 0.6) is 0 Å². The van der Waals surface area contributed by atoms with E-state index in [4.69, 9.17) is 4.74 Å². The SMILES string of the molecule is O=C(Nc1cccc(S(=O)(=O)C2CCCC2)c1)C1CCOCC1. The zero-order chi connectivity index (χ0) is 16.3. The van der Waals surface area contributed by atoms with Crippen LogP contribution in [0, 0.1) is 5.92 Å². The van der Waals surface area contributed by atoms with Crippen molar-refractivity contribution in [2.24, 2.45) is 5.92 Å². The molecule has 0 radical (unpaired) electrons. The predicted octanol–water partition coefficient (Wildman–Crippen LogP) is 2.77. The van der Waals surface area contributed by atoms with Crippen molar-refractivity contribution in [2.45, 2.75) is 48.7 Å². The molecule has 6 heteroatoms. The Bertz CT molecular complexity index is 659. The number of hydrogen-bond donors (Lipinski definition) is 1. The van der Waals surface area contributed by atoms with Gasteiger partial charge >= 0.3 is 0 Å². The van der Waals surface area contributed by atoms with Crippen LogP contribution < -0.4 is 5.32 Å². The van der Waals surface area contributed by atoms with Crippen LogP contribution in [0.1, 0.15) is 38.5 Å². The van der Waals surface area contributed by atoms with E-state index in [2.05, 4.69) is 5.32 Å². The first-order valence-electron chi connectivity index (χ1n) is 8.30. The molecule has 1 saturated heterocycles. The van der Waals surface area contributed by atoms with E-state index in [1.807, 2.05) is 0 Å². The Labute approximate surface area is 137 Å². The number of benzene rings is 1. The number of sulfone groups is 1. The number of nitrogens with one attached hydrogen (secondary N) is 1. The largest absolute Gasteiger partial charge is 0.381 e. The van der Waals surface area contributed by atoms with Crippen LogP contribution in [0.15, 0.2) is 29.2 Å². The van der Waals surface area contributed by atoms with Crippen molar-refractivity contribution in [2.75, 3.05) is 18.5 Å². The Hall–Kier alpha value is -1.40. The third-order valence-corrected chi connectivity index (χ3v) is 7.02. The van der Waals surface area contributed by atoms with Gasteiger partial charge in [-0.3, -0.25) is 4.79 Å². The first-order valence-corrected chi connectivity index (χ1v) is 9.84. The van der Waals surface area contributed by atoms with Gasteiger partial charge in [0.2, 0.25) is 5.91 Å². The molecule has 0 atom stereocenters. The Kier molecular flexibility index (Phi) is 5.02. The molecular weight excluding hydrogens is 314 g/mol. The molecule has 1 heterocycles. The van der Waals surface area contributed by atoms with Gasteiger partial charge in [-0.25, -0.2) is 8.42 Å². The molecule has 1 aromatic carbocycles. The fraction of sp³-hybridized carbons (Fsp3) is 0.588. The minimum Gasteiger partial charge on any atom is -0.381 e. The molecule has 0 unspecified atom stereocenters. The van der Waals surface area contributed by atoms with Crippen LogP contribution in [0.2, 0.25) is 0 Å². The molecule has 2 aliphatic rings. The molecule has 0 spiro atoms. The molecular formula is C17H23NO4S. The highest BCUT2D eigenvalue weighted by molar-refractivity contribution is 7.92. The number of anilines is 1. The number of hydrogen-bond acceptors (Lipinski definition) is 4. The lowest BCUT2D eigenvalue weighted by Gasteiger charge is -2.21. The monoisotopic (exact) mass is 337 g/mol. The third-order valence-electron chi connectivity index (χ3n) is 4.76. The number of carbonyl (C=O) groups is 1. The molecule has 2 fully saturated rings. The van der Waals surface area contributed by atoms with Crippen LogP contribution in [-0.2, 0) is 19.4 Å². The second-order valence-corrected chi connectivity index (χ2v) is 8.58. The van der Waals surface area contributed by atoms with Gasteiger partial charge in [-0.15, -0.1) is 0 Å². The molecule has 0 aromatic heterocycles. The maximum absolute atomic E-state index is 12.6.